The zero-order chi connectivity index (χ0) is 18.7. The van der Waals surface area contributed by atoms with Crippen LogP contribution in [0.5, 0.6) is 5.75 Å². The highest BCUT2D eigenvalue weighted by Crippen LogP contribution is 2.31. The lowest BCUT2D eigenvalue weighted by atomic mass is 9.94. The molecule has 140 valence electrons. The number of ether oxygens (including phenoxy) is 1. The number of methoxy groups -OCH3 is 1. The SMILES string of the molecule is COc1ccc(C2CCCCN(S(=O)(=O)c3ccc(F)c(Cl)c3)C2)cc1. The van der Waals surface area contributed by atoms with Crippen LogP contribution in [-0.2, 0) is 10.0 Å². The van der Waals surface area contributed by atoms with E-state index in [0.717, 1.165) is 36.6 Å². The normalized spacial score (nSPS) is 19.1. The summed E-state index contributed by atoms with van der Waals surface area (Å²) in [7, 11) is -2.11. The molecule has 1 atom stereocenters. The minimum absolute atomic E-state index is 0.0271. The van der Waals surface area contributed by atoms with Crippen molar-refractivity contribution in [1.29, 1.82) is 0 Å². The van der Waals surface area contributed by atoms with Crippen LogP contribution in [0, 0.1) is 5.82 Å². The Bertz CT molecular complexity index is 871. The van der Waals surface area contributed by atoms with Gasteiger partial charge < -0.3 is 4.74 Å². The topological polar surface area (TPSA) is 46.6 Å². The van der Waals surface area contributed by atoms with Gasteiger partial charge in [-0.15, -0.1) is 0 Å². The largest absolute Gasteiger partial charge is 0.497 e. The number of rotatable bonds is 4. The van der Waals surface area contributed by atoms with E-state index < -0.39 is 15.8 Å². The van der Waals surface area contributed by atoms with Gasteiger partial charge in [0.05, 0.1) is 17.0 Å². The number of sulfonamides is 1. The van der Waals surface area contributed by atoms with Crippen LogP contribution in [0.1, 0.15) is 30.7 Å². The first-order chi connectivity index (χ1) is 12.4. The molecule has 0 spiro atoms. The first-order valence-electron chi connectivity index (χ1n) is 8.51. The van der Waals surface area contributed by atoms with Crippen molar-refractivity contribution in [3.63, 3.8) is 0 Å². The summed E-state index contributed by atoms with van der Waals surface area (Å²) in [6, 6.07) is 11.3. The summed E-state index contributed by atoms with van der Waals surface area (Å²) in [5.74, 6) is 0.250. The van der Waals surface area contributed by atoms with E-state index in [2.05, 4.69) is 0 Å². The Hall–Kier alpha value is -1.63. The average molecular weight is 398 g/mol. The molecule has 1 heterocycles. The van der Waals surface area contributed by atoms with Gasteiger partial charge in [-0.05, 0) is 54.7 Å². The van der Waals surface area contributed by atoms with E-state index in [1.54, 1.807) is 7.11 Å². The Kier molecular flexibility index (Phi) is 5.85. The quantitative estimate of drug-likeness (QED) is 0.765. The minimum Gasteiger partial charge on any atom is -0.497 e. The molecule has 26 heavy (non-hydrogen) atoms. The zero-order valence-corrected chi connectivity index (χ0v) is 16.1. The smallest absolute Gasteiger partial charge is 0.243 e. The maximum atomic E-state index is 13.4. The van der Waals surface area contributed by atoms with Crippen molar-refractivity contribution in [3.05, 3.63) is 58.9 Å². The lowest BCUT2D eigenvalue weighted by Gasteiger charge is -2.24. The number of hydrogen-bond donors (Lipinski definition) is 0. The molecule has 1 fully saturated rings. The molecule has 0 radical (unpaired) electrons. The van der Waals surface area contributed by atoms with E-state index in [4.69, 9.17) is 16.3 Å². The Labute approximate surface area is 158 Å². The van der Waals surface area contributed by atoms with Gasteiger partial charge in [-0.2, -0.15) is 4.31 Å². The first kappa shape index (κ1) is 19.1. The highest BCUT2D eigenvalue weighted by atomic mass is 35.5. The van der Waals surface area contributed by atoms with E-state index in [0.29, 0.717) is 13.1 Å². The molecule has 1 unspecified atom stereocenters. The molecule has 1 saturated heterocycles. The summed E-state index contributed by atoms with van der Waals surface area (Å²) in [6.45, 7) is 0.841. The van der Waals surface area contributed by atoms with Crippen molar-refractivity contribution in [2.24, 2.45) is 0 Å². The number of halogens is 2. The predicted octanol–water partition coefficient (Wildman–Crippen LogP) is 4.45. The molecule has 0 bridgehead atoms. The maximum absolute atomic E-state index is 13.4. The van der Waals surface area contributed by atoms with Crippen molar-refractivity contribution in [2.75, 3.05) is 20.2 Å². The van der Waals surface area contributed by atoms with Gasteiger partial charge in [-0.1, -0.05) is 30.2 Å². The second-order valence-electron chi connectivity index (χ2n) is 6.40. The molecule has 1 aliphatic rings. The van der Waals surface area contributed by atoms with Crippen LogP contribution in [0.4, 0.5) is 4.39 Å². The maximum Gasteiger partial charge on any atom is 0.243 e. The van der Waals surface area contributed by atoms with Crippen molar-refractivity contribution < 1.29 is 17.5 Å². The second kappa shape index (κ2) is 7.94. The first-order valence-corrected chi connectivity index (χ1v) is 10.3. The molecule has 0 saturated carbocycles. The summed E-state index contributed by atoms with van der Waals surface area (Å²) < 4.78 is 46.1. The molecule has 2 aromatic rings. The second-order valence-corrected chi connectivity index (χ2v) is 8.75. The lowest BCUT2D eigenvalue weighted by Crippen LogP contribution is -2.34. The molecule has 0 aromatic heterocycles. The fourth-order valence-corrected chi connectivity index (χ4v) is 5.06. The zero-order valence-electron chi connectivity index (χ0n) is 14.5. The summed E-state index contributed by atoms with van der Waals surface area (Å²) >= 11 is 5.77. The fraction of sp³-hybridized carbons (Fsp3) is 0.368. The summed E-state index contributed by atoms with van der Waals surface area (Å²) in [5, 5.41) is -0.187. The van der Waals surface area contributed by atoms with Crippen LogP contribution in [0.2, 0.25) is 5.02 Å². The van der Waals surface area contributed by atoms with E-state index >= 15 is 0 Å². The standard InChI is InChI=1S/C19H21ClFNO3S/c1-25-16-7-5-14(6-8-16)15-4-2-3-11-22(13-15)26(23,24)17-9-10-19(21)18(20)12-17/h5-10,12,15H,2-4,11,13H2,1H3. The average Bonchev–Trinajstić information content (AvgIpc) is 2.91. The van der Waals surface area contributed by atoms with E-state index in [9.17, 15) is 12.8 Å². The van der Waals surface area contributed by atoms with Gasteiger partial charge in [0, 0.05) is 13.1 Å². The van der Waals surface area contributed by atoms with Gasteiger partial charge in [0.25, 0.3) is 0 Å². The predicted molar refractivity (Wildman–Crippen MR) is 99.8 cm³/mol. The Morgan fingerprint density at radius 1 is 1.15 bits per heavy atom. The van der Waals surface area contributed by atoms with Crippen LogP contribution in [0.15, 0.2) is 47.4 Å². The van der Waals surface area contributed by atoms with Gasteiger partial charge in [0.15, 0.2) is 0 Å². The van der Waals surface area contributed by atoms with Crippen LogP contribution in [0.3, 0.4) is 0 Å². The molecule has 1 aliphatic heterocycles. The minimum atomic E-state index is -3.72. The van der Waals surface area contributed by atoms with Gasteiger partial charge in [-0.3, -0.25) is 0 Å². The molecule has 7 heteroatoms. The summed E-state index contributed by atoms with van der Waals surface area (Å²) in [5.41, 5.74) is 1.09. The third-order valence-electron chi connectivity index (χ3n) is 4.75. The van der Waals surface area contributed by atoms with Crippen molar-refractivity contribution in [2.45, 2.75) is 30.1 Å². The number of hydrogen-bond acceptors (Lipinski definition) is 3. The third kappa shape index (κ3) is 4.03. The molecule has 2 aromatic carbocycles. The van der Waals surface area contributed by atoms with Crippen LogP contribution in [-0.4, -0.2) is 32.9 Å². The van der Waals surface area contributed by atoms with Crippen molar-refractivity contribution in [3.8, 4) is 5.75 Å². The van der Waals surface area contributed by atoms with Gasteiger partial charge in [0.1, 0.15) is 11.6 Å². The van der Waals surface area contributed by atoms with Crippen LogP contribution in [0.25, 0.3) is 0 Å². The molecule has 0 aliphatic carbocycles. The number of nitrogens with zero attached hydrogens (tertiary/aromatic N) is 1. The monoisotopic (exact) mass is 397 g/mol. The van der Waals surface area contributed by atoms with Crippen molar-refractivity contribution >= 4 is 21.6 Å². The van der Waals surface area contributed by atoms with E-state index in [1.165, 1.54) is 16.4 Å². The lowest BCUT2D eigenvalue weighted by molar-refractivity contribution is 0.404. The van der Waals surface area contributed by atoms with Gasteiger partial charge in [-0.25, -0.2) is 12.8 Å². The fourth-order valence-electron chi connectivity index (χ4n) is 3.26. The molecular formula is C19H21ClFNO3S. The Balaban J connectivity index is 1.87. The van der Waals surface area contributed by atoms with Crippen LogP contribution >= 0.6 is 11.6 Å². The molecular weight excluding hydrogens is 377 g/mol. The third-order valence-corrected chi connectivity index (χ3v) is 6.90. The van der Waals surface area contributed by atoms with E-state index in [1.807, 2.05) is 24.3 Å². The van der Waals surface area contributed by atoms with Gasteiger partial charge in [0.2, 0.25) is 10.0 Å². The van der Waals surface area contributed by atoms with E-state index in [-0.39, 0.29) is 15.8 Å². The van der Waals surface area contributed by atoms with Crippen molar-refractivity contribution in [1.82, 2.24) is 4.31 Å². The summed E-state index contributed by atoms with van der Waals surface area (Å²) in [6.07, 6.45) is 2.66. The molecule has 0 amide bonds. The molecule has 3 rings (SSSR count). The van der Waals surface area contributed by atoms with Crippen LogP contribution < -0.4 is 4.74 Å². The molecule has 0 N–H and O–H groups in total. The highest BCUT2D eigenvalue weighted by Gasteiger charge is 2.30. The van der Waals surface area contributed by atoms with Gasteiger partial charge >= 0.3 is 0 Å². The Morgan fingerprint density at radius 2 is 1.88 bits per heavy atom. The highest BCUT2D eigenvalue weighted by molar-refractivity contribution is 7.89. The number of benzene rings is 2. The Morgan fingerprint density at radius 3 is 2.54 bits per heavy atom. The molecule has 4 nitrogen and oxygen atoms in total. The summed E-state index contributed by atoms with van der Waals surface area (Å²) in [4.78, 5) is 0.0271.